The van der Waals surface area contributed by atoms with Gasteiger partial charge in [-0.3, -0.25) is 4.79 Å². The maximum atomic E-state index is 11.1. The Morgan fingerprint density at radius 1 is 1.00 bits per heavy atom. The maximum absolute atomic E-state index is 11.1. The van der Waals surface area contributed by atoms with E-state index in [1.54, 1.807) is 12.1 Å². The molecule has 5 nitrogen and oxygen atoms in total. The average Bonchev–Trinajstić information content (AvgIpc) is 2.55. The molecule has 2 heterocycles. The summed E-state index contributed by atoms with van der Waals surface area (Å²) in [6.45, 7) is 5.76. The van der Waals surface area contributed by atoms with E-state index in [2.05, 4.69) is 20.9 Å². The summed E-state index contributed by atoms with van der Waals surface area (Å²) in [6.07, 6.45) is 0. The van der Waals surface area contributed by atoms with Crippen molar-refractivity contribution in [2.75, 3.05) is 36.0 Å². The molecule has 1 fully saturated rings. The molecule has 114 valence electrons. The fourth-order valence-corrected chi connectivity index (χ4v) is 2.74. The third-order valence-electron chi connectivity index (χ3n) is 3.99. The number of piperazine rings is 1. The van der Waals surface area contributed by atoms with Crippen LogP contribution in [0.5, 0.6) is 0 Å². The lowest BCUT2D eigenvalue weighted by molar-refractivity contribution is 0.100. The predicted molar refractivity (Wildman–Crippen MR) is 88.4 cm³/mol. The molecule has 1 aromatic carbocycles. The van der Waals surface area contributed by atoms with Crippen molar-refractivity contribution in [3.63, 3.8) is 0 Å². The molecule has 22 heavy (non-hydrogen) atoms. The standard InChI is InChI=1S/C17H20N4O/c1-13-3-2-4-16(19-13)21-11-9-20(10-12-21)15-7-5-14(6-8-15)17(18)22/h2-8H,9-12H2,1H3,(H2,18,22). The van der Waals surface area contributed by atoms with Crippen molar-refractivity contribution in [2.45, 2.75) is 6.92 Å². The number of aryl methyl sites for hydroxylation is 1. The van der Waals surface area contributed by atoms with Crippen LogP contribution in [0, 0.1) is 6.92 Å². The van der Waals surface area contributed by atoms with Crippen LogP contribution in [0.1, 0.15) is 16.1 Å². The minimum absolute atomic E-state index is 0.387. The number of carbonyl (C=O) groups is 1. The van der Waals surface area contributed by atoms with E-state index in [-0.39, 0.29) is 5.91 Å². The first kappa shape index (κ1) is 14.4. The lowest BCUT2D eigenvalue weighted by Crippen LogP contribution is -2.46. The zero-order valence-corrected chi connectivity index (χ0v) is 12.7. The van der Waals surface area contributed by atoms with Crippen LogP contribution in [-0.4, -0.2) is 37.1 Å². The molecule has 1 amide bonds. The van der Waals surface area contributed by atoms with Crippen LogP contribution in [-0.2, 0) is 0 Å². The highest BCUT2D eigenvalue weighted by Gasteiger charge is 2.18. The van der Waals surface area contributed by atoms with Crippen LogP contribution in [0.4, 0.5) is 11.5 Å². The van der Waals surface area contributed by atoms with Crippen molar-refractivity contribution in [1.29, 1.82) is 0 Å². The smallest absolute Gasteiger partial charge is 0.248 e. The van der Waals surface area contributed by atoms with E-state index in [0.29, 0.717) is 5.56 Å². The Balaban J connectivity index is 1.65. The topological polar surface area (TPSA) is 62.5 Å². The number of benzene rings is 1. The molecule has 0 unspecified atom stereocenters. The molecule has 2 aromatic rings. The zero-order chi connectivity index (χ0) is 15.5. The van der Waals surface area contributed by atoms with Gasteiger partial charge in [0.25, 0.3) is 0 Å². The highest BCUT2D eigenvalue weighted by molar-refractivity contribution is 5.93. The Labute approximate surface area is 130 Å². The summed E-state index contributed by atoms with van der Waals surface area (Å²) in [6, 6.07) is 13.6. The highest BCUT2D eigenvalue weighted by Crippen LogP contribution is 2.20. The summed E-state index contributed by atoms with van der Waals surface area (Å²) in [5.41, 5.74) is 7.99. The number of amides is 1. The molecular formula is C17H20N4O. The lowest BCUT2D eigenvalue weighted by Gasteiger charge is -2.36. The van der Waals surface area contributed by atoms with Gasteiger partial charge in [0.15, 0.2) is 0 Å². The van der Waals surface area contributed by atoms with Gasteiger partial charge >= 0.3 is 0 Å². The zero-order valence-electron chi connectivity index (χ0n) is 12.7. The van der Waals surface area contributed by atoms with Crippen LogP contribution in [0.2, 0.25) is 0 Å². The molecule has 1 aromatic heterocycles. The van der Waals surface area contributed by atoms with E-state index in [1.807, 2.05) is 31.2 Å². The molecule has 0 radical (unpaired) electrons. The normalized spacial score (nSPS) is 15.0. The second-order valence-electron chi connectivity index (χ2n) is 5.52. The Kier molecular flexibility index (Phi) is 3.96. The molecular weight excluding hydrogens is 276 g/mol. The van der Waals surface area contributed by atoms with Gasteiger partial charge in [-0.15, -0.1) is 0 Å². The average molecular weight is 296 g/mol. The molecule has 1 aliphatic heterocycles. The minimum Gasteiger partial charge on any atom is -0.368 e. The lowest BCUT2D eigenvalue weighted by atomic mass is 10.1. The largest absolute Gasteiger partial charge is 0.368 e. The summed E-state index contributed by atoms with van der Waals surface area (Å²) in [7, 11) is 0. The first-order valence-electron chi connectivity index (χ1n) is 7.47. The number of carbonyl (C=O) groups excluding carboxylic acids is 1. The van der Waals surface area contributed by atoms with Gasteiger partial charge in [0.1, 0.15) is 5.82 Å². The summed E-state index contributed by atoms with van der Waals surface area (Å²) in [5, 5.41) is 0. The van der Waals surface area contributed by atoms with Gasteiger partial charge in [-0.1, -0.05) is 6.07 Å². The van der Waals surface area contributed by atoms with E-state index >= 15 is 0 Å². The van der Waals surface area contributed by atoms with E-state index in [4.69, 9.17) is 5.73 Å². The van der Waals surface area contributed by atoms with Gasteiger partial charge in [-0.25, -0.2) is 4.98 Å². The van der Waals surface area contributed by atoms with Crippen molar-refractivity contribution >= 4 is 17.4 Å². The quantitative estimate of drug-likeness (QED) is 0.938. The predicted octanol–water partition coefficient (Wildman–Crippen LogP) is 1.82. The summed E-state index contributed by atoms with van der Waals surface area (Å²) in [4.78, 5) is 20.3. The number of anilines is 2. The number of nitrogens with two attached hydrogens (primary N) is 1. The summed E-state index contributed by atoms with van der Waals surface area (Å²) in [5.74, 6) is 0.658. The van der Waals surface area contributed by atoms with Crippen molar-refractivity contribution in [2.24, 2.45) is 5.73 Å². The monoisotopic (exact) mass is 296 g/mol. The molecule has 3 rings (SSSR count). The van der Waals surface area contributed by atoms with Crippen LogP contribution >= 0.6 is 0 Å². The number of primary amides is 1. The highest BCUT2D eigenvalue weighted by atomic mass is 16.1. The second kappa shape index (κ2) is 6.05. The van der Waals surface area contributed by atoms with Crippen molar-refractivity contribution in [3.8, 4) is 0 Å². The van der Waals surface area contributed by atoms with Crippen molar-refractivity contribution < 1.29 is 4.79 Å². The SMILES string of the molecule is Cc1cccc(N2CCN(c3ccc(C(N)=O)cc3)CC2)n1. The molecule has 0 atom stereocenters. The van der Waals surface area contributed by atoms with E-state index in [9.17, 15) is 4.79 Å². The Morgan fingerprint density at radius 3 is 2.23 bits per heavy atom. The van der Waals surface area contributed by atoms with Crippen LogP contribution < -0.4 is 15.5 Å². The molecule has 1 saturated heterocycles. The third-order valence-corrected chi connectivity index (χ3v) is 3.99. The molecule has 2 N–H and O–H groups in total. The molecule has 0 aliphatic carbocycles. The van der Waals surface area contributed by atoms with E-state index in [1.165, 1.54) is 0 Å². The van der Waals surface area contributed by atoms with Gasteiger partial charge in [0.2, 0.25) is 5.91 Å². The first-order chi connectivity index (χ1) is 10.6. The second-order valence-corrected chi connectivity index (χ2v) is 5.52. The van der Waals surface area contributed by atoms with Gasteiger partial charge < -0.3 is 15.5 Å². The van der Waals surface area contributed by atoms with Crippen LogP contribution in [0.15, 0.2) is 42.5 Å². The molecule has 0 bridgehead atoms. The van der Waals surface area contributed by atoms with Crippen LogP contribution in [0.25, 0.3) is 0 Å². The van der Waals surface area contributed by atoms with E-state index < -0.39 is 0 Å². The van der Waals surface area contributed by atoms with E-state index in [0.717, 1.165) is 43.4 Å². The summed E-state index contributed by atoms with van der Waals surface area (Å²) < 4.78 is 0. The minimum atomic E-state index is -0.387. The van der Waals surface area contributed by atoms with Gasteiger partial charge in [-0.05, 0) is 43.3 Å². The Morgan fingerprint density at radius 2 is 1.64 bits per heavy atom. The number of hydrogen-bond donors (Lipinski definition) is 1. The first-order valence-corrected chi connectivity index (χ1v) is 7.47. The number of rotatable bonds is 3. The number of nitrogens with zero attached hydrogens (tertiary/aromatic N) is 3. The fourth-order valence-electron chi connectivity index (χ4n) is 2.74. The number of aromatic nitrogens is 1. The molecule has 0 spiro atoms. The summed E-state index contributed by atoms with van der Waals surface area (Å²) >= 11 is 0. The Hall–Kier alpha value is -2.56. The molecule has 5 heteroatoms. The van der Waals surface area contributed by atoms with Gasteiger partial charge in [0.05, 0.1) is 0 Å². The number of hydrogen-bond acceptors (Lipinski definition) is 4. The van der Waals surface area contributed by atoms with Crippen molar-refractivity contribution in [3.05, 3.63) is 53.7 Å². The third kappa shape index (κ3) is 3.03. The Bertz CT molecular complexity index is 661. The molecule has 0 saturated carbocycles. The number of pyridine rings is 1. The van der Waals surface area contributed by atoms with Crippen LogP contribution in [0.3, 0.4) is 0 Å². The van der Waals surface area contributed by atoms with Gasteiger partial charge in [0, 0.05) is 43.1 Å². The fraction of sp³-hybridized carbons (Fsp3) is 0.294. The maximum Gasteiger partial charge on any atom is 0.248 e. The van der Waals surface area contributed by atoms with Gasteiger partial charge in [-0.2, -0.15) is 0 Å². The molecule has 1 aliphatic rings. The van der Waals surface area contributed by atoms with Crippen molar-refractivity contribution in [1.82, 2.24) is 4.98 Å².